The summed E-state index contributed by atoms with van der Waals surface area (Å²) in [5, 5.41) is 3.79. The van der Waals surface area contributed by atoms with E-state index >= 15 is 0 Å². The summed E-state index contributed by atoms with van der Waals surface area (Å²) in [5.41, 5.74) is 6.91. The molecule has 0 aromatic rings. The standard InChI is InChI=1S/C15H32N2/c1-5-15(6-2,7-3)17-12-14(16)10-8-9-13(4)11-14/h13,17H,5-12,16H2,1-4H3. The van der Waals surface area contributed by atoms with Crippen molar-refractivity contribution < 1.29 is 0 Å². The predicted octanol–water partition coefficient (Wildman–Crippen LogP) is 3.45. The van der Waals surface area contributed by atoms with Gasteiger partial charge in [0.05, 0.1) is 0 Å². The summed E-state index contributed by atoms with van der Waals surface area (Å²) in [6.07, 6.45) is 8.64. The first-order valence-electron chi connectivity index (χ1n) is 7.53. The zero-order chi connectivity index (χ0) is 12.9. The fourth-order valence-electron chi connectivity index (χ4n) is 3.35. The number of nitrogens with one attached hydrogen (secondary N) is 1. The first kappa shape index (κ1) is 15.0. The zero-order valence-electron chi connectivity index (χ0n) is 12.3. The van der Waals surface area contributed by atoms with Crippen LogP contribution in [0.25, 0.3) is 0 Å². The highest BCUT2D eigenvalue weighted by atomic mass is 15.0. The molecule has 17 heavy (non-hydrogen) atoms. The van der Waals surface area contributed by atoms with Crippen LogP contribution < -0.4 is 11.1 Å². The van der Waals surface area contributed by atoms with Crippen LogP contribution in [0.15, 0.2) is 0 Å². The van der Waals surface area contributed by atoms with Gasteiger partial charge in [-0.25, -0.2) is 0 Å². The Morgan fingerprint density at radius 2 is 1.82 bits per heavy atom. The summed E-state index contributed by atoms with van der Waals surface area (Å²) >= 11 is 0. The van der Waals surface area contributed by atoms with Gasteiger partial charge in [-0.2, -0.15) is 0 Å². The summed E-state index contributed by atoms with van der Waals surface area (Å²) in [7, 11) is 0. The molecule has 2 nitrogen and oxygen atoms in total. The van der Waals surface area contributed by atoms with Crippen LogP contribution in [0.4, 0.5) is 0 Å². The highest BCUT2D eigenvalue weighted by Crippen LogP contribution is 2.31. The van der Waals surface area contributed by atoms with E-state index in [-0.39, 0.29) is 5.54 Å². The molecule has 102 valence electrons. The van der Waals surface area contributed by atoms with Crippen LogP contribution in [0, 0.1) is 5.92 Å². The van der Waals surface area contributed by atoms with Crippen molar-refractivity contribution in [3.8, 4) is 0 Å². The van der Waals surface area contributed by atoms with Crippen LogP contribution in [-0.4, -0.2) is 17.6 Å². The second-order valence-electron chi connectivity index (χ2n) is 6.26. The molecule has 2 atom stereocenters. The van der Waals surface area contributed by atoms with Crippen molar-refractivity contribution in [1.82, 2.24) is 5.32 Å². The molecular formula is C15H32N2. The van der Waals surface area contributed by atoms with Crippen LogP contribution in [0.5, 0.6) is 0 Å². The Morgan fingerprint density at radius 3 is 2.29 bits per heavy atom. The quantitative estimate of drug-likeness (QED) is 0.746. The molecule has 2 heteroatoms. The van der Waals surface area contributed by atoms with Crippen molar-refractivity contribution in [3.63, 3.8) is 0 Å². The van der Waals surface area contributed by atoms with Gasteiger partial charge in [-0.05, 0) is 38.0 Å². The lowest BCUT2D eigenvalue weighted by molar-refractivity contribution is 0.192. The van der Waals surface area contributed by atoms with E-state index in [2.05, 4.69) is 33.0 Å². The minimum atomic E-state index is 0.0441. The van der Waals surface area contributed by atoms with Crippen LogP contribution in [0.2, 0.25) is 0 Å². The average molecular weight is 240 g/mol. The third kappa shape index (κ3) is 3.96. The summed E-state index contributed by atoms with van der Waals surface area (Å²) in [6.45, 7) is 10.2. The normalized spacial score (nSPS) is 30.5. The number of hydrogen-bond donors (Lipinski definition) is 2. The fraction of sp³-hybridized carbons (Fsp3) is 1.00. The van der Waals surface area contributed by atoms with Crippen molar-refractivity contribution in [2.24, 2.45) is 11.7 Å². The highest BCUT2D eigenvalue weighted by molar-refractivity contribution is 4.95. The van der Waals surface area contributed by atoms with E-state index < -0.39 is 0 Å². The Labute approximate surface area is 108 Å². The fourth-order valence-corrected chi connectivity index (χ4v) is 3.35. The molecule has 0 aromatic heterocycles. The van der Waals surface area contributed by atoms with Gasteiger partial charge in [0.25, 0.3) is 0 Å². The molecule has 0 heterocycles. The predicted molar refractivity (Wildman–Crippen MR) is 76.2 cm³/mol. The zero-order valence-corrected chi connectivity index (χ0v) is 12.3. The van der Waals surface area contributed by atoms with Gasteiger partial charge >= 0.3 is 0 Å². The maximum absolute atomic E-state index is 6.56. The molecule has 1 fully saturated rings. The van der Waals surface area contributed by atoms with E-state index in [9.17, 15) is 0 Å². The smallest absolute Gasteiger partial charge is 0.0283 e. The molecule has 1 saturated carbocycles. The topological polar surface area (TPSA) is 38.0 Å². The maximum atomic E-state index is 6.56. The molecule has 0 bridgehead atoms. The largest absolute Gasteiger partial charge is 0.324 e. The van der Waals surface area contributed by atoms with Gasteiger partial charge in [-0.15, -0.1) is 0 Å². The Balaban J connectivity index is 2.52. The summed E-state index contributed by atoms with van der Waals surface area (Å²) in [6, 6.07) is 0. The van der Waals surface area contributed by atoms with E-state index in [1.807, 2.05) is 0 Å². The molecule has 0 amide bonds. The summed E-state index contributed by atoms with van der Waals surface area (Å²) in [5.74, 6) is 0.801. The van der Waals surface area contributed by atoms with E-state index in [0.717, 1.165) is 12.5 Å². The SMILES string of the molecule is CCC(CC)(CC)NCC1(N)CCCC(C)C1. The van der Waals surface area contributed by atoms with E-state index in [1.54, 1.807) is 0 Å². The van der Waals surface area contributed by atoms with Crippen molar-refractivity contribution in [2.45, 2.75) is 83.7 Å². The lowest BCUT2D eigenvalue weighted by Crippen LogP contribution is -2.57. The maximum Gasteiger partial charge on any atom is 0.0283 e. The Kier molecular flexibility index (Phi) is 5.46. The van der Waals surface area contributed by atoms with Gasteiger partial charge in [-0.3, -0.25) is 0 Å². The molecular weight excluding hydrogens is 208 g/mol. The molecule has 0 aliphatic heterocycles. The van der Waals surface area contributed by atoms with Gasteiger partial charge in [0.15, 0.2) is 0 Å². The molecule has 1 aliphatic rings. The molecule has 0 spiro atoms. The van der Waals surface area contributed by atoms with Gasteiger partial charge in [0.1, 0.15) is 0 Å². The van der Waals surface area contributed by atoms with Crippen molar-refractivity contribution in [2.75, 3.05) is 6.54 Å². The van der Waals surface area contributed by atoms with Crippen molar-refractivity contribution in [3.05, 3.63) is 0 Å². The highest BCUT2D eigenvalue weighted by Gasteiger charge is 2.33. The monoisotopic (exact) mass is 240 g/mol. The minimum Gasteiger partial charge on any atom is -0.324 e. The van der Waals surface area contributed by atoms with Crippen LogP contribution in [0.3, 0.4) is 0 Å². The first-order chi connectivity index (χ1) is 7.99. The molecule has 1 aliphatic carbocycles. The molecule has 0 saturated heterocycles. The van der Waals surface area contributed by atoms with E-state index in [0.29, 0.717) is 5.54 Å². The van der Waals surface area contributed by atoms with Crippen LogP contribution in [-0.2, 0) is 0 Å². The van der Waals surface area contributed by atoms with Gasteiger partial charge < -0.3 is 11.1 Å². The number of rotatable bonds is 6. The lowest BCUT2D eigenvalue weighted by atomic mass is 9.76. The summed E-state index contributed by atoms with van der Waals surface area (Å²) < 4.78 is 0. The Morgan fingerprint density at radius 1 is 1.24 bits per heavy atom. The summed E-state index contributed by atoms with van der Waals surface area (Å²) in [4.78, 5) is 0. The molecule has 2 unspecified atom stereocenters. The Bertz CT molecular complexity index is 215. The molecule has 0 radical (unpaired) electrons. The minimum absolute atomic E-state index is 0.0441. The lowest BCUT2D eigenvalue weighted by Gasteiger charge is -2.41. The van der Waals surface area contributed by atoms with Gasteiger partial charge in [0, 0.05) is 17.6 Å². The van der Waals surface area contributed by atoms with Gasteiger partial charge in [-0.1, -0.05) is 40.5 Å². The molecule has 3 N–H and O–H groups in total. The van der Waals surface area contributed by atoms with Crippen LogP contribution in [0.1, 0.15) is 72.6 Å². The van der Waals surface area contributed by atoms with Gasteiger partial charge in [0.2, 0.25) is 0 Å². The number of hydrogen-bond acceptors (Lipinski definition) is 2. The molecule has 1 rings (SSSR count). The number of nitrogens with two attached hydrogens (primary N) is 1. The van der Waals surface area contributed by atoms with Crippen molar-refractivity contribution in [1.29, 1.82) is 0 Å². The first-order valence-corrected chi connectivity index (χ1v) is 7.53. The second kappa shape index (κ2) is 6.19. The third-order valence-electron chi connectivity index (χ3n) is 4.97. The Hall–Kier alpha value is -0.0800. The molecule has 0 aromatic carbocycles. The van der Waals surface area contributed by atoms with Crippen molar-refractivity contribution >= 4 is 0 Å². The van der Waals surface area contributed by atoms with E-state index in [1.165, 1.54) is 44.9 Å². The third-order valence-corrected chi connectivity index (χ3v) is 4.97. The second-order valence-corrected chi connectivity index (χ2v) is 6.26. The average Bonchev–Trinajstić information content (AvgIpc) is 2.31. The van der Waals surface area contributed by atoms with Crippen LogP contribution >= 0.6 is 0 Å². The van der Waals surface area contributed by atoms with E-state index in [4.69, 9.17) is 5.73 Å².